The molecule has 1 amide bonds. The lowest BCUT2D eigenvalue weighted by Crippen LogP contribution is -2.62. The molecular weight excluding hydrogens is 330 g/mol. The minimum atomic E-state index is -0.138. The maximum absolute atomic E-state index is 12.5. The SMILES string of the molecule is C=CC(=O)N1CC(N(c2cc(C3=CC(=O)CC=C3)c[nH]c2=O)C2CC2)C1. The fourth-order valence-corrected chi connectivity index (χ4v) is 3.58. The Hall–Kier alpha value is -2.89. The molecule has 0 aromatic carbocycles. The van der Waals surface area contributed by atoms with Crippen LogP contribution in [0.1, 0.15) is 24.8 Å². The van der Waals surface area contributed by atoms with Crippen LogP contribution in [0.3, 0.4) is 0 Å². The van der Waals surface area contributed by atoms with Crippen molar-refractivity contribution in [2.24, 2.45) is 0 Å². The van der Waals surface area contributed by atoms with Gasteiger partial charge in [0.2, 0.25) is 5.91 Å². The molecule has 26 heavy (non-hydrogen) atoms. The Bertz CT molecular complexity index is 886. The zero-order valence-electron chi connectivity index (χ0n) is 14.5. The minimum Gasteiger partial charge on any atom is -0.358 e. The van der Waals surface area contributed by atoms with E-state index in [9.17, 15) is 14.4 Å². The van der Waals surface area contributed by atoms with Crippen molar-refractivity contribution < 1.29 is 9.59 Å². The van der Waals surface area contributed by atoms with Crippen LogP contribution in [0.2, 0.25) is 0 Å². The summed E-state index contributed by atoms with van der Waals surface area (Å²) < 4.78 is 0. The van der Waals surface area contributed by atoms with E-state index in [0.717, 1.165) is 24.0 Å². The van der Waals surface area contributed by atoms with Crippen LogP contribution in [0.4, 0.5) is 5.69 Å². The van der Waals surface area contributed by atoms with Gasteiger partial charge in [-0.1, -0.05) is 18.7 Å². The average molecular weight is 351 g/mol. The van der Waals surface area contributed by atoms with Gasteiger partial charge in [-0.3, -0.25) is 14.4 Å². The van der Waals surface area contributed by atoms with E-state index < -0.39 is 0 Å². The summed E-state index contributed by atoms with van der Waals surface area (Å²) in [7, 11) is 0. The van der Waals surface area contributed by atoms with Crippen molar-refractivity contribution in [3.8, 4) is 0 Å². The smallest absolute Gasteiger partial charge is 0.271 e. The van der Waals surface area contributed by atoms with E-state index in [1.807, 2.05) is 18.2 Å². The second-order valence-corrected chi connectivity index (χ2v) is 7.01. The van der Waals surface area contributed by atoms with E-state index in [2.05, 4.69) is 16.5 Å². The molecule has 134 valence electrons. The first-order valence-electron chi connectivity index (χ1n) is 8.90. The highest BCUT2D eigenvalue weighted by Crippen LogP contribution is 2.35. The molecule has 3 aliphatic rings. The molecule has 2 fully saturated rings. The number of H-pyrrole nitrogens is 1. The Balaban J connectivity index is 1.63. The lowest BCUT2D eigenvalue weighted by molar-refractivity contribution is -0.130. The summed E-state index contributed by atoms with van der Waals surface area (Å²) in [4.78, 5) is 42.6. The quantitative estimate of drug-likeness (QED) is 0.819. The predicted octanol–water partition coefficient (Wildman–Crippen LogP) is 1.65. The fourth-order valence-electron chi connectivity index (χ4n) is 3.58. The Kier molecular flexibility index (Phi) is 4.11. The van der Waals surface area contributed by atoms with Crippen molar-refractivity contribution in [2.75, 3.05) is 18.0 Å². The van der Waals surface area contributed by atoms with Gasteiger partial charge in [0.15, 0.2) is 5.78 Å². The highest BCUT2D eigenvalue weighted by atomic mass is 16.2. The van der Waals surface area contributed by atoms with Gasteiger partial charge in [-0.2, -0.15) is 0 Å². The molecule has 2 heterocycles. The number of likely N-dealkylation sites (tertiary alicyclic amines) is 1. The summed E-state index contributed by atoms with van der Waals surface area (Å²) >= 11 is 0. The maximum Gasteiger partial charge on any atom is 0.271 e. The van der Waals surface area contributed by atoms with Crippen molar-refractivity contribution in [2.45, 2.75) is 31.3 Å². The average Bonchev–Trinajstić information content (AvgIpc) is 3.43. The van der Waals surface area contributed by atoms with Gasteiger partial charge >= 0.3 is 0 Å². The van der Waals surface area contributed by atoms with Gasteiger partial charge in [0.05, 0.1) is 6.04 Å². The van der Waals surface area contributed by atoms with Crippen LogP contribution in [-0.2, 0) is 9.59 Å². The number of aromatic amines is 1. The summed E-state index contributed by atoms with van der Waals surface area (Å²) in [5.74, 6) is -0.0115. The predicted molar refractivity (Wildman–Crippen MR) is 99.9 cm³/mol. The number of aromatic nitrogens is 1. The van der Waals surface area contributed by atoms with E-state index in [-0.39, 0.29) is 23.3 Å². The van der Waals surface area contributed by atoms with E-state index >= 15 is 0 Å². The number of hydrogen-bond acceptors (Lipinski definition) is 4. The van der Waals surface area contributed by atoms with Gasteiger partial charge in [-0.25, -0.2) is 0 Å². The van der Waals surface area contributed by atoms with Crippen LogP contribution in [0.5, 0.6) is 0 Å². The highest BCUT2D eigenvalue weighted by Gasteiger charge is 2.42. The molecule has 6 heteroatoms. The molecule has 1 aromatic rings. The van der Waals surface area contributed by atoms with Gasteiger partial charge in [-0.15, -0.1) is 0 Å². The first-order valence-corrected chi connectivity index (χ1v) is 8.90. The van der Waals surface area contributed by atoms with Crippen molar-refractivity contribution in [1.82, 2.24) is 9.88 Å². The third-order valence-corrected chi connectivity index (χ3v) is 5.11. The molecule has 1 aromatic heterocycles. The molecule has 1 saturated carbocycles. The summed E-state index contributed by atoms with van der Waals surface area (Å²) in [5.41, 5.74) is 2.12. The summed E-state index contributed by atoms with van der Waals surface area (Å²) in [6.07, 6.45) is 10.9. The van der Waals surface area contributed by atoms with E-state index in [1.54, 1.807) is 17.2 Å². The van der Waals surface area contributed by atoms with Crippen molar-refractivity contribution >= 4 is 23.0 Å². The van der Waals surface area contributed by atoms with Gasteiger partial charge in [0.1, 0.15) is 5.69 Å². The monoisotopic (exact) mass is 351 g/mol. The molecule has 0 spiro atoms. The van der Waals surface area contributed by atoms with Crippen LogP contribution in [-0.4, -0.2) is 46.7 Å². The van der Waals surface area contributed by atoms with E-state index in [1.165, 1.54) is 6.08 Å². The Morgan fingerprint density at radius 3 is 2.69 bits per heavy atom. The number of ketones is 1. The van der Waals surface area contributed by atoms with Crippen LogP contribution in [0.15, 0.2) is 47.9 Å². The molecule has 0 atom stereocenters. The van der Waals surface area contributed by atoms with E-state index in [4.69, 9.17) is 0 Å². The van der Waals surface area contributed by atoms with Gasteiger partial charge in [0, 0.05) is 37.3 Å². The standard InChI is InChI=1S/C20H21N3O3/c1-2-19(25)22-11-16(12-22)23(15-6-7-15)18-9-14(10-21-20(18)26)13-4-3-5-17(24)8-13/h2-4,8-10,15-16H,1,5-7,11-12H2,(H,21,26). The normalized spacial score (nSPS) is 19.8. The fraction of sp³-hybridized carbons (Fsp3) is 0.350. The number of hydrogen-bond donors (Lipinski definition) is 1. The zero-order chi connectivity index (χ0) is 18.3. The highest BCUT2D eigenvalue weighted by molar-refractivity contribution is 6.01. The number of nitrogens with one attached hydrogen (secondary N) is 1. The molecule has 1 aliphatic heterocycles. The molecule has 6 nitrogen and oxygen atoms in total. The molecule has 0 bridgehead atoms. The van der Waals surface area contributed by atoms with Crippen LogP contribution in [0.25, 0.3) is 5.57 Å². The lowest BCUT2D eigenvalue weighted by Gasteiger charge is -2.46. The van der Waals surface area contributed by atoms with E-state index in [0.29, 0.717) is 31.2 Å². The number of amides is 1. The molecular formula is C20H21N3O3. The van der Waals surface area contributed by atoms with Crippen LogP contribution < -0.4 is 10.5 Å². The molecule has 4 rings (SSSR count). The third-order valence-electron chi connectivity index (χ3n) is 5.11. The molecule has 1 saturated heterocycles. The Labute approximate surface area is 151 Å². The minimum absolute atomic E-state index is 0.0619. The maximum atomic E-state index is 12.5. The lowest BCUT2D eigenvalue weighted by atomic mass is 9.99. The number of allylic oxidation sites excluding steroid dienone is 4. The third kappa shape index (κ3) is 3.03. The van der Waals surface area contributed by atoms with Crippen molar-refractivity contribution in [3.63, 3.8) is 0 Å². The van der Waals surface area contributed by atoms with Crippen LogP contribution >= 0.6 is 0 Å². The zero-order valence-corrected chi connectivity index (χ0v) is 14.5. The number of nitrogens with zero attached hydrogens (tertiary/aromatic N) is 2. The van der Waals surface area contributed by atoms with Gasteiger partial charge in [0.25, 0.3) is 5.56 Å². The second kappa shape index (κ2) is 6.44. The van der Waals surface area contributed by atoms with Crippen molar-refractivity contribution in [1.29, 1.82) is 0 Å². The van der Waals surface area contributed by atoms with Gasteiger partial charge in [-0.05, 0) is 36.6 Å². The molecule has 1 N–H and O–H groups in total. The first kappa shape index (κ1) is 16.6. The van der Waals surface area contributed by atoms with Gasteiger partial charge < -0.3 is 14.8 Å². The number of carbonyl (C=O) groups is 2. The largest absolute Gasteiger partial charge is 0.358 e. The summed E-state index contributed by atoms with van der Waals surface area (Å²) in [5, 5.41) is 0. The number of rotatable bonds is 5. The summed E-state index contributed by atoms with van der Waals surface area (Å²) in [6.45, 7) is 4.73. The molecule has 0 radical (unpaired) electrons. The number of pyridine rings is 1. The molecule has 2 aliphatic carbocycles. The Morgan fingerprint density at radius 1 is 1.27 bits per heavy atom. The van der Waals surface area contributed by atoms with Crippen molar-refractivity contribution in [3.05, 3.63) is 59.1 Å². The van der Waals surface area contributed by atoms with Crippen LogP contribution in [0, 0.1) is 0 Å². The second-order valence-electron chi connectivity index (χ2n) is 7.01. The first-order chi connectivity index (χ1) is 12.6. The topological polar surface area (TPSA) is 73.5 Å². The molecule has 0 unspecified atom stereocenters. The number of carbonyl (C=O) groups excluding carboxylic acids is 2. The number of anilines is 1. The Morgan fingerprint density at radius 2 is 2.04 bits per heavy atom. The summed E-state index contributed by atoms with van der Waals surface area (Å²) in [6, 6.07) is 2.35.